The Kier molecular flexibility index (Phi) is 6.19. The number of para-hydroxylation sites is 1. The van der Waals surface area contributed by atoms with E-state index in [4.69, 9.17) is 0 Å². The van der Waals surface area contributed by atoms with Gasteiger partial charge < -0.3 is 10.6 Å². The Morgan fingerprint density at radius 2 is 1.95 bits per heavy atom. The van der Waals surface area contributed by atoms with E-state index in [-0.39, 0.29) is 0 Å². The lowest BCUT2D eigenvalue weighted by molar-refractivity contribution is -0.136. The fourth-order valence-corrected chi connectivity index (χ4v) is 2.68. The van der Waals surface area contributed by atoms with Crippen LogP contribution in [-0.2, 0) is 16.0 Å². The van der Waals surface area contributed by atoms with Crippen molar-refractivity contribution in [2.24, 2.45) is 0 Å². The maximum Gasteiger partial charge on any atom is 0.313 e. The van der Waals surface area contributed by atoms with Crippen molar-refractivity contribution in [2.45, 2.75) is 45.4 Å². The predicted molar refractivity (Wildman–Crippen MR) is 88.6 cm³/mol. The third-order valence-electron chi connectivity index (χ3n) is 3.97. The Bertz CT molecular complexity index is 564. The molecular formula is C18H24N2O2. The third kappa shape index (κ3) is 4.72. The van der Waals surface area contributed by atoms with Crippen LogP contribution in [0.1, 0.15) is 44.6 Å². The topological polar surface area (TPSA) is 58.2 Å². The van der Waals surface area contributed by atoms with E-state index in [1.54, 1.807) is 0 Å². The van der Waals surface area contributed by atoms with Crippen molar-refractivity contribution in [1.82, 2.24) is 5.32 Å². The minimum absolute atomic E-state index is 0.521. The minimum atomic E-state index is -0.599. The molecule has 0 spiro atoms. The number of carbonyl (C=O) groups is 2. The summed E-state index contributed by atoms with van der Waals surface area (Å²) in [4.78, 5) is 23.8. The molecule has 2 rings (SSSR count). The van der Waals surface area contributed by atoms with E-state index >= 15 is 0 Å². The SMILES string of the molecule is CCc1ccccc1NC(=O)C(=O)NCCC1=CCCCC1. The highest BCUT2D eigenvalue weighted by molar-refractivity contribution is 6.39. The van der Waals surface area contributed by atoms with Gasteiger partial charge in [0.05, 0.1) is 0 Å². The highest BCUT2D eigenvalue weighted by Gasteiger charge is 2.14. The van der Waals surface area contributed by atoms with Crippen LogP contribution in [0, 0.1) is 0 Å². The van der Waals surface area contributed by atoms with Gasteiger partial charge in [-0.3, -0.25) is 9.59 Å². The zero-order chi connectivity index (χ0) is 15.8. The van der Waals surface area contributed by atoms with Crippen LogP contribution in [0.25, 0.3) is 0 Å². The van der Waals surface area contributed by atoms with Crippen LogP contribution >= 0.6 is 0 Å². The summed E-state index contributed by atoms with van der Waals surface area (Å²) in [5.74, 6) is -1.17. The van der Waals surface area contributed by atoms with Crippen molar-refractivity contribution in [2.75, 3.05) is 11.9 Å². The van der Waals surface area contributed by atoms with Crippen molar-refractivity contribution in [3.63, 3.8) is 0 Å². The van der Waals surface area contributed by atoms with E-state index in [9.17, 15) is 9.59 Å². The van der Waals surface area contributed by atoms with Gasteiger partial charge in [-0.1, -0.05) is 36.8 Å². The molecule has 0 saturated heterocycles. The standard InChI is InChI=1S/C18H24N2O2/c1-2-15-10-6-7-11-16(15)20-18(22)17(21)19-13-12-14-8-4-3-5-9-14/h6-8,10-11H,2-5,9,12-13H2,1H3,(H,19,21)(H,20,22). The first kappa shape index (κ1) is 16.3. The normalized spacial score (nSPS) is 14.1. The number of anilines is 1. The molecule has 0 aromatic heterocycles. The Labute approximate surface area is 132 Å². The molecule has 22 heavy (non-hydrogen) atoms. The number of hydrogen-bond acceptors (Lipinski definition) is 2. The zero-order valence-electron chi connectivity index (χ0n) is 13.2. The summed E-state index contributed by atoms with van der Waals surface area (Å²) in [7, 11) is 0. The smallest absolute Gasteiger partial charge is 0.313 e. The lowest BCUT2D eigenvalue weighted by Gasteiger charge is -2.13. The number of carbonyl (C=O) groups excluding carboxylic acids is 2. The largest absolute Gasteiger partial charge is 0.348 e. The molecule has 118 valence electrons. The molecule has 1 aromatic carbocycles. The van der Waals surface area contributed by atoms with Crippen molar-refractivity contribution >= 4 is 17.5 Å². The van der Waals surface area contributed by atoms with Gasteiger partial charge >= 0.3 is 11.8 Å². The molecular weight excluding hydrogens is 276 g/mol. The molecule has 4 heteroatoms. The molecule has 4 nitrogen and oxygen atoms in total. The number of nitrogens with one attached hydrogen (secondary N) is 2. The first-order valence-electron chi connectivity index (χ1n) is 8.05. The minimum Gasteiger partial charge on any atom is -0.348 e. The molecule has 2 N–H and O–H groups in total. The molecule has 0 heterocycles. The summed E-state index contributed by atoms with van der Waals surface area (Å²) in [6.07, 6.45) is 8.65. The van der Waals surface area contributed by atoms with Crippen molar-refractivity contribution in [1.29, 1.82) is 0 Å². The number of rotatable bonds is 5. The maximum absolute atomic E-state index is 11.9. The fraction of sp³-hybridized carbons (Fsp3) is 0.444. The van der Waals surface area contributed by atoms with E-state index in [1.807, 2.05) is 31.2 Å². The number of allylic oxidation sites excluding steroid dienone is 1. The molecule has 0 unspecified atom stereocenters. The first-order chi connectivity index (χ1) is 10.7. The van der Waals surface area contributed by atoms with Crippen molar-refractivity contribution in [3.8, 4) is 0 Å². The monoisotopic (exact) mass is 300 g/mol. The third-order valence-corrected chi connectivity index (χ3v) is 3.97. The molecule has 2 amide bonds. The van der Waals surface area contributed by atoms with Gasteiger partial charge in [-0.15, -0.1) is 0 Å². The number of benzene rings is 1. The molecule has 0 aliphatic heterocycles. The van der Waals surface area contributed by atoms with E-state index in [2.05, 4.69) is 16.7 Å². The highest BCUT2D eigenvalue weighted by atomic mass is 16.2. The molecule has 0 atom stereocenters. The van der Waals surface area contributed by atoms with E-state index in [0.717, 1.165) is 31.2 Å². The van der Waals surface area contributed by atoms with Crippen LogP contribution in [0.4, 0.5) is 5.69 Å². The maximum atomic E-state index is 11.9. The Morgan fingerprint density at radius 3 is 2.68 bits per heavy atom. The second-order valence-electron chi connectivity index (χ2n) is 5.58. The zero-order valence-corrected chi connectivity index (χ0v) is 13.2. The van der Waals surface area contributed by atoms with Crippen molar-refractivity contribution in [3.05, 3.63) is 41.5 Å². The average Bonchev–Trinajstić information content (AvgIpc) is 2.56. The Hall–Kier alpha value is -2.10. The van der Waals surface area contributed by atoms with Crippen LogP contribution in [0.5, 0.6) is 0 Å². The molecule has 0 radical (unpaired) electrons. The van der Waals surface area contributed by atoms with Gasteiger partial charge in [-0.05, 0) is 50.2 Å². The van der Waals surface area contributed by atoms with Crippen LogP contribution in [0.3, 0.4) is 0 Å². The van der Waals surface area contributed by atoms with E-state index < -0.39 is 11.8 Å². The lowest BCUT2D eigenvalue weighted by atomic mass is 9.97. The average molecular weight is 300 g/mol. The summed E-state index contributed by atoms with van der Waals surface area (Å²) in [5, 5.41) is 5.38. The van der Waals surface area contributed by atoms with Crippen LogP contribution < -0.4 is 10.6 Å². The first-order valence-corrected chi connectivity index (χ1v) is 8.05. The van der Waals surface area contributed by atoms with Gasteiger partial charge in [0.2, 0.25) is 0 Å². The highest BCUT2D eigenvalue weighted by Crippen LogP contribution is 2.19. The van der Waals surface area contributed by atoms with Crippen LogP contribution in [0.2, 0.25) is 0 Å². The predicted octanol–water partition coefficient (Wildman–Crippen LogP) is 3.19. The fourth-order valence-electron chi connectivity index (χ4n) is 2.68. The number of hydrogen-bond donors (Lipinski definition) is 2. The number of amides is 2. The van der Waals surface area contributed by atoms with Crippen molar-refractivity contribution < 1.29 is 9.59 Å². The molecule has 1 aliphatic rings. The van der Waals surface area contributed by atoms with Gasteiger partial charge in [-0.25, -0.2) is 0 Å². The summed E-state index contributed by atoms with van der Waals surface area (Å²) >= 11 is 0. The molecule has 0 saturated carbocycles. The number of aryl methyl sites for hydroxylation is 1. The second-order valence-corrected chi connectivity index (χ2v) is 5.58. The van der Waals surface area contributed by atoms with E-state index in [0.29, 0.717) is 12.2 Å². The Morgan fingerprint density at radius 1 is 1.14 bits per heavy atom. The van der Waals surface area contributed by atoms with Gasteiger partial charge in [0.1, 0.15) is 0 Å². The Balaban J connectivity index is 1.79. The van der Waals surface area contributed by atoms with Crippen LogP contribution in [-0.4, -0.2) is 18.4 Å². The summed E-state index contributed by atoms with van der Waals surface area (Å²) in [5.41, 5.74) is 3.12. The van der Waals surface area contributed by atoms with Crippen LogP contribution in [0.15, 0.2) is 35.9 Å². The molecule has 0 fully saturated rings. The van der Waals surface area contributed by atoms with E-state index in [1.165, 1.54) is 18.4 Å². The second kappa shape index (κ2) is 8.37. The lowest BCUT2D eigenvalue weighted by Crippen LogP contribution is -2.36. The van der Waals surface area contributed by atoms with Gasteiger partial charge in [0.15, 0.2) is 0 Å². The van der Waals surface area contributed by atoms with Gasteiger partial charge in [0, 0.05) is 12.2 Å². The summed E-state index contributed by atoms with van der Waals surface area (Å²) < 4.78 is 0. The summed E-state index contributed by atoms with van der Waals surface area (Å²) in [6, 6.07) is 7.54. The van der Waals surface area contributed by atoms with Gasteiger partial charge in [0.25, 0.3) is 0 Å². The summed E-state index contributed by atoms with van der Waals surface area (Å²) in [6.45, 7) is 2.54. The molecule has 1 aromatic rings. The van der Waals surface area contributed by atoms with Gasteiger partial charge in [-0.2, -0.15) is 0 Å². The molecule has 0 bridgehead atoms. The quantitative estimate of drug-likeness (QED) is 0.648. The molecule has 1 aliphatic carbocycles.